The van der Waals surface area contributed by atoms with Gasteiger partial charge in [-0.05, 0) is 36.8 Å². The number of hydrogen-bond donors (Lipinski definition) is 1. The standard InChI is InChI=1S/C18H21N5OS/c1-22(2)12-9-7-11(8-10-12)16-15-13(5-4-6-14(15)24)19-17-20-18(25-3)21-23(16)17/h7-10,16H,4-6H2,1-3H3,(H,19,20,21)/t16-/m0/s1. The third-order valence-corrected chi connectivity index (χ3v) is 5.29. The molecule has 0 radical (unpaired) electrons. The number of nitrogens with one attached hydrogen (secondary N) is 1. The highest BCUT2D eigenvalue weighted by atomic mass is 32.2. The number of thioether (sulfide) groups is 1. The summed E-state index contributed by atoms with van der Waals surface area (Å²) in [6.07, 6.45) is 4.34. The van der Waals surface area contributed by atoms with Crippen molar-refractivity contribution in [2.45, 2.75) is 30.5 Å². The number of fused-ring (bicyclic) bond motifs is 1. The second kappa shape index (κ2) is 6.22. The van der Waals surface area contributed by atoms with E-state index in [0.29, 0.717) is 11.6 Å². The highest BCUT2D eigenvalue weighted by Crippen LogP contribution is 2.40. The maximum Gasteiger partial charge on any atom is 0.227 e. The number of carbonyl (C=O) groups is 1. The van der Waals surface area contributed by atoms with Crippen LogP contribution in [0.1, 0.15) is 30.9 Å². The van der Waals surface area contributed by atoms with Crippen LogP contribution >= 0.6 is 11.8 Å². The minimum atomic E-state index is -0.205. The van der Waals surface area contributed by atoms with Crippen LogP contribution in [0.5, 0.6) is 0 Å². The first-order valence-electron chi connectivity index (χ1n) is 8.39. The SMILES string of the molecule is CSc1nc2n(n1)[C@@H](c1ccc(N(C)C)cc1)C1=C(CCCC1=O)N2. The number of hydrogen-bond acceptors (Lipinski definition) is 6. The molecule has 2 aromatic rings. The molecule has 130 valence electrons. The van der Waals surface area contributed by atoms with Gasteiger partial charge < -0.3 is 10.2 Å². The lowest BCUT2D eigenvalue weighted by Crippen LogP contribution is -2.31. The molecule has 6 nitrogen and oxygen atoms in total. The Morgan fingerprint density at radius 3 is 2.68 bits per heavy atom. The number of rotatable bonds is 3. The molecule has 25 heavy (non-hydrogen) atoms. The van der Waals surface area contributed by atoms with Crippen LogP contribution < -0.4 is 10.2 Å². The van der Waals surface area contributed by atoms with Gasteiger partial charge in [0.25, 0.3) is 0 Å². The second-order valence-electron chi connectivity index (χ2n) is 6.55. The van der Waals surface area contributed by atoms with Crippen molar-refractivity contribution in [2.75, 3.05) is 30.6 Å². The fraction of sp³-hybridized carbons (Fsp3) is 0.389. The maximum atomic E-state index is 12.7. The van der Waals surface area contributed by atoms with E-state index < -0.39 is 0 Å². The molecule has 4 rings (SSSR count). The Morgan fingerprint density at radius 1 is 1.24 bits per heavy atom. The molecule has 7 heteroatoms. The third-order valence-electron chi connectivity index (χ3n) is 4.76. The minimum absolute atomic E-state index is 0.205. The summed E-state index contributed by atoms with van der Waals surface area (Å²) in [7, 11) is 4.04. The molecule has 0 fully saturated rings. The molecule has 0 amide bonds. The summed E-state index contributed by atoms with van der Waals surface area (Å²) in [5.41, 5.74) is 4.04. The Balaban J connectivity index is 1.85. The minimum Gasteiger partial charge on any atom is -0.378 e. The van der Waals surface area contributed by atoms with Crippen molar-refractivity contribution in [3.8, 4) is 0 Å². The van der Waals surface area contributed by atoms with Crippen molar-refractivity contribution in [1.29, 1.82) is 0 Å². The van der Waals surface area contributed by atoms with Gasteiger partial charge in [0.15, 0.2) is 5.78 Å². The largest absolute Gasteiger partial charge is 0.378 e. The van der Waals surface area contributed by atoms with E-state index in [-0.39, 0.29) is 11.8 Å². The topological polar surface area (TPSA) is 63.1 Å². The molecule has 1 aliphatic heterocycles. The highest BCUT2D eigenvalue weighted by molar-refractivity contribution is 7.98. The Bertz CT molecular complexity index is 853. The van der Waals surface area contributed by atoms with E-state index in [2.05, 4.69) is 44.6 Å². The average Bonchev–Trinajstić information content (AvgIpc) is 3.03. The van der Waals surface area contributed by atoms with Gasteiger partial charge in [0.05, 0.1) is 0 Å². The lowest BCUT2D eigenvalue weighted by atomic mass is 9.85. The normalized spacial score (nSPS) is 19.3. The predicted octanol–water partition coefficient (Wildman–Crippen LogP) is 3.09. The maximum absolute atomic E-state index is 12.7. The van der Waals surface area contributed by atoms with E-state index in [1.165, 1.54) is 11.8 Å². The third kappa shape index (κ3) is 2.72. The molecule has 1 N–H and O–H groups in total. The van der Waals surface area contributed by atoms with Crippen LogP contribution in [0.15, 0.2) is 40.7 Å². The van der Waals surface area contributed by atoms with Crippen LogP contribution in [-0.2, 0) is 4.79 Å². The first-order chi connectivity index (χ1) is 12.1. The summed E-state index contributed by atoms with van der Waals surface area (Å²) in [5, 5.41) is 8.67. The van der Waals surface area contributed by atoms with E-state index in [4.69, 9.17) is 0 Å². The number of anilines is 2. The first kappa shape index (κ1) is 16.2. The second-order valence-corrected chi connectivity index (χ2v) is 7.32. The van der Waals surface area contributed by atoms with E-state index in [1.807, 2.05) is 25.0 Å². The fourth-order valence-electron chi connectivity index (χ4n) is 3.49. The van der Waals surface area contributed by atoms with Gasteiger partial charge in [-0.25, -0.2) is 4.68 Å². The Morgan fingerprint density at radius 2 is 2.00 bits per heavy atom. The van der Waals surface area contributed by atoms with Crippen LogP contribution in [0.3, 0.4) is 0 Å². The van der Waals surface area contributed by atoms with Crippen LogP contribution in [-0.4, -0.2) is 40.9 Å². The predicted molar refractivity (Wildman–Crippen MR) is 100 cm³/mol. The molecular formula is C18H21N5OS. The summed E-state index contributed by atoms with van der Waals surface area (Å²) in [5.74, 6) is 0.932. The van der Waals surface area contributed by atoms with Crippen LogP contribution in [0, 0.1) is 0 Å². The molecule has 0 bridgehead atoms. The summed E-state index contributed by atoms with van der Waals surface area (Å²) >= 11 is 1.51. The van der Waals surface area contributed by atoms with Crippen LogP contribution in [0.2, 0.25) is 0 Å². The van der Waals surface area contributed by atoms with Gasteiger partial charge >= 0.3 is 0 Å². The van der Waals surface area contributed by atoms with Crippen LogP contribution in [0.4, 0.5) is 11.6 Å². The quantitative estimate of drug-likeness (QED) is 0.854. The van der Waals surface area contributed by atoms with Crippen molar-refractivity contribution < 1.29 is 4.79 Å². The lowest BCUT2D eigenvalue weighted by Gasteiger charge is -2.32. The van der Waals surface area contributed by atoms with Crippen molar-refractivity contribution in [3.63, 3.8) is 0 Å². The number of benzene rings is 1. The van der Waals surface area contributed by atoms with E-state index >= 15 is 0 Å². The van der Waals surface area contributed by atoms with Crippen molar-refractivity contribution in [1.82, 2.24) is 14.8 Å². The van der Waals surface area contributed by atoms with Gasteiger partial charge in [-0.3, -0.25) is 4.79 Å². The summed E-state index contributed by atoms with van der Waals surface area (Å²) < 4.78 is 1.86. The molecule has 1 atom stereocenters. The molecule has 1 aromatic heterocycles. The molecule has 1 aliphatic carbocycles. The molecule has 2 heterocycles. The Labute approximate surface area is 151 Å². The highest BCUT2D eigenvalue weighted by Gasteiger charge is 2.36. The summed E-state index contributed by atoms with van der Waals surface area (Å²) in [6.45, 7) is 0. The van der Waals surface area contributed by atoms with Crippen molar-refractivity contribution in [3.05, 3.63) is 41.1 Å². The van der Waals surface area contributed by atoms with Gasteiger partial charge in [-0.1, -0.05) is 23.9 Å². The van der Waals surface area contributed by atoms with Gasteiger partial charge in [-0.15, -0.1) is 5.10 Å². The number of allylic oxidation sites excluding steroid dienone is 2. The first-order valence-corrected chi connectivity index (χ1v) is 9.62. The molecule has 1 aromatic carbocycles. The molecule has 0 saturated carbocycles. The summed E-state index contributed by atoms with van der Waals surface area (Å²) in [4.78, 5) is 19.3. The number of aromatic nitrogens is 3. The number of nitrogens with zero attached hydrogens (tertiary/aromatic N) is 4. The van der Waals surface area contributed by atoms with E-state index in [0.717, 1.165) is 41.3 Å². The molecule has 0 unspecified atom stereocenters. The van der Waals surface area contributed by atoms with E-state index in [9.17, 15) is 4.79 Å². The monoisotopic (exact) mass is 355 g/mol. The molecule has 0 saturated heterocycles. The number of Topliss-reactive ketones (excluding diaryl/α,β-unsaturated/α-hetero) is 1. The fourth-order valence-corrected chi connectivity index (χ4v) is 3.83. The molecule has 2 aliphatic rings. The number of carbonyl (C=O) groups excluding carboxylic acids is 1. The Hall–Kier alpha value is -2.28. The smallest absolute Gasteiger partial charge is 0.227 e. The van der Waals surface area contributed by atoms with E-state index in [1.54, 1.807) is 0 Å². The molecule has 0 spiro atoms. The van der Waals surface area contributed by atoms with Gasteiger partial charge in [-0.2, -0.15) is 4.98 Å². The Kier molecular flexibility index (Phi) is 4.03. The van der Waals surface area contributed by atoms with Gasteiger partial charge in [0, 0.05) is 37.5 Å². The zero-order valence-corrected chi connectivity index (χ0v) is 15.4. The van der Waals surface area contributed by atoms with Crippen molar-refractivity contribution >= 4 is 29.2 Å². The van der Waals surface area contributed by atoms with Gasteiger partial charge in [0.2, 0.25) is 11.1 Å². The van der Waals surface area contributed by atoms with Crippen molar-refractivity contribution in [2.24, 2.45) is 0 Å². The zero-order valence-electron chi connectivity index (χ0n) is 14.6. The zero-order chi connectivity index (χ0) is 17.6. The average molecular weight is 355 g/mol. The summed E-state index contributed by atoms with van der Waals surface area (Å²) in [6, 6.07) is 8.13. The van der Waals surface area contributed by atoms with Gasteiger partial charge in [0.1, 0.15) is 6.04 Å². The van der Waals surface area contributed by atoms with Crippen LogP contribution in [0.25, 0.3) is 0 Å². The lowest BCUT2D eigenvalue weighted by molar-refractivity contribution is -0.116. The number of ketones is 1. The molecular weight excluding hydrogens is 334 g/mol.